The van der Waals surface area contributed by atoms with Crippen molar-refractivity contribution in [3.05, 3.63) is 22.6 Å². The molecular weight excluding hydrogens is 246 g/mol. The highest BCUT2D eigenvalue weighted by Gasteiger charge is 2.18. The lowest BCUT2D eigenvalue weighted by molar-refractivity contribution is 0.286. The number of H-pyrrole nitrogens is 1. The first-order valence-corrected chi connectivity index (χ1v) is 6.06. The molecule has 0 radical (unpaired) electrons. The zero-order chi connectivity index (χ0) is 13.2. The molecule has 8 heteroatoms. The van der Waals surface area contributed by atoms with E-state index in [1.807, 2.05) is 6.07 Å². The lowest BCUT2D eigenvalue weighted by Gasteiger charge is -2.33. The quantitative estimate of drug-likeness (QED) is 0.700. The van der Waals surface area contributed by atoms with Gasteiger partial charge in [-0.3, -0.25) is 4.90 Å². The van der Waals surface area contributed by atoms with Gasteiger partial charge >= 0.3 is 5.69 Å². The Morgan fingerprint density at radius 2 is 2.11 bits per heavy atom. The van der Waals surface area contributed by atoms with Gasteiger partial charge in [0, 0.05) is 26.2 Å². The predicted molar refractivity (Wildman–Crippen MR) is 67.9 cm³/mol. The third kappa shape index (κ3) is 2.15. The first-order valence-electron chi connectivity index (χ1n) is 6.06. The Balaban J connectivity index is 1.80. The topological polar surface area (TPSA) is 93.3 Å². The number of hydrogen-bond donors (Lipinski definition) is 1. The summed E-state index contributed by atoms with van der Waals surface area (Å²) in [7, 11) is 0. The molecule has 0 saturated carbocycles. The van der Waals surface area contributed by atoms with Crippen LogP contribution in [0.4, 0.5) is 5.82 Å². The van der Waals surface area contributed by atoms with E-state index in [2.05, 4.69) is 31.2 Å². The molecule has 1 saturated heterocycles. The van der Waals surface area contributed by atoms with Gasteiger partial charge < -0.3 is 4.90 Å². The molecule has 8 nitrogen and oxygen atoms in total. The number of hydrogen-bond acceptors (Lipinski definition) is 6. The van der Waals surface area contributed by atoms with Gasteiger partial charge in [-0.2, -0.15) is 14.9 Å². The van der Waals surface area contributed by atoms with Gasteiger partial charge in [-0.05, 0) is 12.1 Å². The first kappa shape index (κ1) is 11.7. The van der Waals surface area contributed by atoms with Crippen molar-refractivity contribution in [3.8, 4) is 6.07 Å². The molecule has 1 N–H and O–H groups in total. The molecule has 0 unspecified atom stereocenters. The van der Waals surface area contributed by atoms with E-state index in [-0.39, 0.29) is 5.69 Å². The summed E-state index contributed by atoms with van der Waals surface area (Å²) in [5.74, 6) is 0.757. The summed E-state index contributed by atoms with van der Waals surface area (Å²) in [4.78, 5) is 15.7. The Labute approximate surface area is 108 Å². The van der Waals surface area contributed by atoms with Crippen LogP contribution < -0.4 is 10.6 Å². The third-order valence-corrected chi connectivity index (χ3v) is 3.25. The van der Waals surface area contributed by atoms with Gasteiger partial charge in [-0.15, -0.1) is 5.10 Å². The summed E-state index contributed by atoms with van der Waals surface area (Å²) in [6, 6.07) is 5.78. The Kier molecular flexibility index (Phi) is 2.89. The van der Waals surface area contributed by atoms with Crippen molar-refractivity contribution in [3.63, 3.8) is 0 Å². The molecule has 3 rings (SSSR count). The number of aromatic amines is 1. The lowest BCUT2D eigenvalue weighted by Crippen LogP contribution is -2.46. The number of piperazine rings is 1. The van der Waals surface area contributed by atoms with E-state index in [0.29, 0.717) is 12.2 Å². The van der Waals surface area contributed by atoms with Crippen molar-refractivity contribution in [1.82, 2.24) is 24.7 Å². The number of nitriles is 1. The van der Waals surface area contributed by atoms with E-state index in [9.17, 15) is 4.79 Å². The number of nitrogens with one attached hydrogen (secondary N) is 1. The molecule has 2 aromatic heterocycles. The average Bonchev–Trinajstić information content (AvgIpc) is 2.81. The molecule has 2 aromatic rings. The molecule has 19 heavy (non-hydrogen) atoms. The van der Waals surface area contributed by atoms with Gasteiger partial charge in [-0.25, -0.2) is 9.89 Å². The summed E-state index contributed by atoms with van der Waals surface area (Å²) >= 11 is 0. The van der Waals surface area contributed by atoms with E-state index < -0.39 is 0 Å². The Hall–Kier alpha value is -2.40. The normalized spacial score (nSPS) is 16.7. The number of anilines is 1. The molecule has 0 bridgehead atoms. The second-order valence-electron chi connectivity index (χ2n) is 4.41. The molecule has 0 aliphatic carbocycles. The fourth-order valence-corrected chi connectivity index (χ4v) is 2.20. The van der Waals surface area contributed by atoms with Gasteiger partial charge in [0.15, 0.2) is 5.65 Å². The van der Waals surface area contributed by atoms with Gasteiger partial charge in [0.05, 0.1) is 12.6 Å². The highest BCUT2D eigenvalue weighted by Crippen LogP contribution is 2.12. The number of nitrogens with zero attached hydrogens (tertiary/aromatic N) is 6. The average molecular weight is 259 g/mol. The summed E-state index contributed by atoms with van der Waals surface area (Å²) in [5.41, 5.74) is 0.178. The summed E-state index contributed by atoms with van der Waals surface area (Å²) < 4.78 is 1.26. The van der Waals surface area contributed by atoms with Gasteiger partial charge in [-0.1, -0.05) is 0 Å². The standard InChI is InChI=1S/C11H13N7O/c12-3-4-16-5-7-17(8-6-16)10-2-1-9-13-14-11(19)18(9)15-10/h1-2H,4-8H2,(H,14,19). The van der Waals surface area contributed by atoms with Crippen LogP contribution in [-0.2, 0) is 0 Å². The second-order valence-corrected chi connectivity index (χ2v) is 4.41. The fourth-order valence-electron chi connectivity index (χ4n) is 2.20. The first-order chi connectivity index (χ1) is 9.28. The van der Waals surface area contributed by atoms with Gasteiger partial charge in [0.25, 0.3) is 0 Å². The van der Waals surface area contributed by atoms with Crippen LogP contribution in [0.3, 0.4) is 0 Å². The fraction of sp³-hybridized carbons (Fsp3) is 0.455. The summed E-state index contributed by atoms with van der Waals surface area (Å²) in [6.07, 6.45) is 0. The predicted octanol–water partition coefficient (Wildman–Crippen LogP) is -0.937. The van der Waals surface area contributed by atoms with Crippen LogP contribution in [0.25, 0.3) is 5.65 Å². The van der Waals surface area contributed by atoms with Crippen LogP contribution in [0.2, 0.25) is 0 Å². The summed E-state index contributed by atoms with van der Waals surface area (Å²) in [5, 5.41) is 19.1. The Bertz CT molecular complexity index is 674. The maximum Gasteiger partial charge on any atom is 0.364 e. The van der Waals surface area contributed by atoms with Crippen molar-refractivity contribution in [2.24, 2.45) is 0 Å². The zero-order valence-electron chi connectivity index (χ0n) is 10.3. The Morgan fingerprint density at radius 1 is 1.32 bits per heavy atom. The minimum Gasteiger partial charge on any atom is -0.353 e. The van der Waals surface area contributed by atoms with Crippen LogP contribution >= 0.6 is 0 Å². The molecular formula is C11H13N7O. The molecule has 0 aromatic carbocycles. The van der Waals surface area contributed by atoms with E-state index in [0.717, 1.165) is 32.0 Å². The van der Waals surface area contributed by atoms with E-state index in [1.54, 1.807) is 6.07 Å². The van der Waals surface area contributed by atoms with Crippen LogP contribution in [0.15, 0.2) is 16.9 Å². The van der Waals surface area contributed by atoms with Gasteiger partial charge in [0.2, 0.25) is 0 Å². The number of rotatable bonds is 2. The molecule has 0 atom stereocenters. The lowest BCUT2D eigenvalue weighted by atomic mass is 10.3. The minimum absolute atomic E-state index is 0.333. The van der Waals surface area contributed by atoms with Crippen molar-refractivity contribution in [2.75, 3.05) is 37.6 Å². The van der Waals surface area contributed by atoms with Crippen molar-refractivity contribution < 1.29 is 0 Å². The minimum atomic E-state index is -0.333. The number of fused-ring (bicyclic) bond motifs is 1. The maximum atomic E-state index is 11.5. The molecule has 1 fully saturated rings. The molecule has 0 spiro atoms. The van der Waals surface area contributed by atoms with E-state index >= 15 is 0 Å². The van der Waals surface area contributed by atoms with Crippen LogP contribution in [-0.4, -0.2) is 57.4 Å². The third-order valence-electron chi connectivity index (χ3n) is 3.25. The monoisotopic (exact) mass is 259 g/mol. The summed E-state index contributed by atoms with van der Waals surface area (Å²) in [6.45, 7) is 3.71. The van der Waals surface area contributed by atoms with E-state index in [1.165, 1.54) is 4.52 Å². The second kappa shape index (κ2) is 4.70. The smallest absolute Gasteiger partial charge is 0.353 e. The molecule has 98 valence electrons. The largest absolute Gasteiger partial charge is 0.364 e. The Morgan fingerprint density at radius 3 is 2.84 bits per heavy atom. The molecule has 1 aliphatic rings. The molecule has 0 amide bonds. The maximum absolute atomic E-state index is 11.5. The molecule has 3 heterocycles. The zero-order valence-corrected chi connectivity index (χ0v) is 10.3. The van der Waals surface area contributed by atoms with Gasteiger partial charge in [0.1, 0.15) is 5.82 Å². The molecule has 1 aliphatic heterocycles. The SMILES string of the molecule is N#CCN1CCN(c2ccc3n[nH]c(=O)n3n2)CC1. The van der Waals surface area contributed by atoms with Crippen LogP contribution in [0.1, 0.15) is 0 Å². The van der Waals surface area contributed by atoms with Crippen molar-refractivity contribution in [2.45, 2.75) is 0 Å². The van der Waals surface area contributed by atoms with Crippen LogP contribution in [0, 0.1) is 11.3 Å². The van der Waals surface area contributed by atoms with Crippen molar-refractivity contribution in [1.29, 1.82) is 5.26 Å². The van der Waals surface area contributed by atoms with Crippen LogP contribution in [0.5, 0.6) is 0 Å². The van der Waals surface area contributed by atoms with Crippen molar-refractivity contribution >= 4 is 11.5 Å². The highest BCUT2D eigenvalue weighted by molar-refractivity contribution is 5.45. The van der Waals surface area contributed by atoms with E-state index in [4.69, 9.17) is 5.26 Å². The number of aromatic nitrogens is 4. The highest BCUT2D eigenvalue weighted by atomic mass is 16.2.